The van der Waals surface area contributed by atoms with Gasteiger partial charge in [0.15, 0.2) is 5.76 Å². The fourth-order valence-corrected chi connectivity index (χ4v) is 4.40. The van der Waals surface area contributed by atoms with Crippen molar-refractivity contribution in [2.24, 2.45) is 0 Å². The van der Waals surface area contributed by atoms with E-state index in [-0.39, 0.29) is 12.1 Å². The Morgan fingerprint density at radius 1 is 1.12 bits per heavy atom. The SMILES string of the molecule is Cc1noc(C2CC2)c1NC(=O)NC1CCCN(C2CCCCC2)C1. The molecule has 6 heteroatoms. The second-order valence-corrected chi connectivity index (χ2v) is 8.01. The Bertz CT molecular complexity index is 605. The topological polar surface area (TPSA) is 70.4 Å². The van der Waals surface area contributed by atoms with Gasteiger partial charge >= 0.3 is 6.03 Å². The van der Waals surface area contributed by atoms with Crippen molar-refractivity contribution in [1.82, 2.24) is 15.4 Å². The average Bonchev–Trinajstić information content (AvgIpc) is 3.41. The van der Waals surface area contributed by atoms with Crippen LogP contribution < -0.4 is 10.6 Å². The molecule has 1 aromatic heterocycles. The average molecular weight is 346 g/mol. The standard InChI is InChI=1S/C19H30N4O2/c1-13-17(18(25-22-13)14-9-10-14)21-19(24)20-15-6-5-11-23(12-15)16-7-3-2-4-8-16/h14-16H,2-12H2,1H3,(H2,20,21,24). The zero-order valence-corrected chi connectivity index (χ0v) is 15.2. The first-order chi connectivity index (χ1) is 12.2. The molecule has 3 aliphatic rings. The van der Waals surface area contributed by atoms with Gasteiger partial charge in [-0.15, -0.1) is 0 Å². The predicted molar refractivity (Wildman–Crippen MR) is 96.8 cm³/mol. The van der Waals surface area contributed by atoms with Gasteiger partial charge in [-0.2, -0.15) is 0 Å². The fourth-order valence-electron chi connectivity index (χ4n) is 4.40. The largest absolute Gasteiger partial charge is 0.359 e. The van der Waals surface area contributed by atoms with Gasteiger partial charge in [-0.1, -0.05) is 24.4 Å². The Kier molecular flexibility index (Phi) is 4.97. The summed E-state index contributed by atoms with van der Waals surface area (Å²) in [5.74, 6) is 1.29. The molecular formula is C19H30N4O2. The molecule has 3 fully saturated rings. The quantitative estimate of drug-likeness (QED) is 0.870. The first kappa shape index (κ1) is 16.9. The summed E-state index contributed by atoms with van der Waals surface area (Å²) in [6.07, 6.45) is 11.2. The van der Waals surface area contributed by atoms with E-state index in [0.29, 0.717) is 5.92 Å². The van der Waals surface area contributed by atoms with Gasteiger partial charge < -0.3 is 15.2 Å². The van der Waals surface area contributed by atoms with Gasteiger partial charge in [-0.25, -0.2) is 4.79 Å². The molecule has 2 N–H and O–H groups in total. The normalized spacial score (nSPS) is 25.7. The van der Waals surface area contributed by atoms with Crippen LogP contribution in [0.15, 0.2) is 4.52 Å². The second kappa shape index (κ2) is 7.36. The lowest BCUT2D eigenvalue weighted by Crippen LogP contribution is -2.52. The van der Waals surface area contributed by atoms with E-state index in [1.807, 2.05) is 6.92 Å². The van der Waals surface area contributed by atoms with Crippen LogP contribution in [0.5, 0.6) is 0 Å². The minimum absolute atomic E-state index is 0.122. The molecule has 1 atom stereocenters. The van der Waals surface area contributed by atoms with E-state index in [0.717, 1.165) is 49.0 Å². The van der Waals surface area contributed by atoms with Gasteiger partial charge in [0.25, 0.3) is 0 Å². The van der Waals surface area contributed by atoms with E-state index in [1.165, 1.54) is 45.1 Å². The molecule has 138 valence electrons. The molecule has 0 aromatic carbocycles. The number of likely N-dealkylation sites (tertiary alicyclic amines) is 1. The Morgan fingerprint density at radius 3 is 2.68 bits per heavy atom. The number of nitrogens with zero attached hydrogens (tertiary/aromatic N) is 2. The molecule has 2 aliphatic carbocycles. The van der Waals surface area contributed by atoms with Crippen LogP contribution in [-0.2, 0) is 0 Å². The summed E-state index contributed by atoms with van der Waals surface area (Å²) in [7, 11) is 0. The van der Waals surface area contributed by atoms with Gasteiger partial charge in [-0.3, -0.25) is 4.90 Å². The molecule has 0 bridgehead atoms. The summed E-state index contributed by atoms with van der Waals surface area (Å²) in [4.78, 5) is 15.1. The lowest BCUT2D eigenvalue weighted by atomic mass is 9.92. The number of hydrogen-bond donors (Lipinski definition) is 2. The predicted octanol–water partition coefficient (Wildman–Crippen LogP) is 3.78. The van der Waals surface area contributed by atoms with E-state index >= 15 is 0 Å². The molecule has 4 rings (SSSR count). The summed E-state index contributed by atoms with van der Waals surface area (Å²) in [5.41, 5.74) is 1.55. The number of hydrogen-bond acceptors (Lipinski definition) is 4. The Morgan fingerprint density at radius 2 is 1.92 bits per heavy atom. The lowest BCUT2D eigenvalue weighted by Gasteiger charge is -2.40. The van der Waals surface area contributed by atoms with Gasteiger partial charge in [-0.05, 0) is 52.0 Å². The maximum Gasteiger partial charge on any atom is 0.319 e. The number of aromatic nitrogens is 1. The van der Waals surface area contributed by atoms with Crippen LogP contribution in [0.3, 0.4) is 0 Å². The van der Waals surface area contributed by atoms with Gasteiger partial charge in [0.05, 0.1) is 0 Å². The molecule has 25 heavy (non-hydrogen) atoms. The third-order valence-corrected chi connectivity index (χ3v) is 5.95. The van der Waals surface area contributed by atoms with Crippen molar-refractivity contribution in [2.75, 3.05) is 18.4 Å². The summed E-state index contributed by atoms with van der Waals surface area (Å²) in [6.45, 7) is 4.05. The highest BCUT2D eigenvalue weighted by Gasteiger charge is 2.33. The molecule has 2 saturated carbocycles. The van der Waals surface area contributed by atoms with Crippen LogP contribution >= 0.6 is 0 Å². The van der Waals surface area contributed by atoms with E-state index in [2.05, 4.69) is 20.7 Å². The van der Waals surface area contributed by atoms with Gasteiger partial charge in [0, 0.05) is 24.5 Å². The first-order valence-corrected chi connectivity index (χ1v) is 9.98. The van der Waals surface area contributed by atoms with Crippen LogP contribution in [0.25, 0.3) is 0 Å². The van der Waals surface area contributed by atoms with Crippen LogP contribution in [0.2, 0.25) is 0 Å². The molecule has 6 nitrogen and oxygen atoms in total. The van der Waals surface area contributed by atoms with Crippen molar-refractivity contribution in [2.45, 2.75) is 82.7 Å². The van der Waals surface area contributed by atoms with Crippen LogP contribution in [-0.4, -0.2) is 41.3 Å². The third-order valence-electron chi connectivity index (χ3n) is 5.95. The number of piperidine rings is 1. The maximum absolute atomic E-state index is 12.5. The van der Waals surface area contributed by atoms with Crippen LogP contribution in [0.1, 0.15) is 75.2 Å². The molecule has 1 unspecified atom stereocenters. The summed E-state index contributed by atoms with van der Waals surface area (Å²) < 4.78 is 5.41. The van der Waals surface area contributed by atoms with Crippen LogP contribution in [0.4, 0.5) is 10.5 Å². The van der Waals surface area contributed by atoms with Crippen molar-refractivity contribution in [1.29, 1.82) is 0 Å². The lowest BCUT2D eigenvalue weighted by molar-refractivity contribution is 0.113. The number of rotatable bonds is 4. The number of urea groups is 1. The van der Waals surface area contributed by atoms with Crippen molar-refractivity contribution in [3.05, 3.63) is 11.5 Å². The monoisotopic (exact) mass is 346 g/mol. The second-order valence-electron chi connectivity index (χ2n) is 8.01. The molecule has 2 heterocycles. The van der Waals surface area contributed by atoms with Crippen molar-refractivity contribution >= 4 is 11.7 Å². The van der Waals surface area contributed by atoms with Crippen molar-refractivity contribution < 1.29 is 9.32 Å². The van der Waals surface area contributed by atoms with Crippen molar-refractivity contribution in [3.63, 3.8) is 0 Å². The molecular weight excluding hydrogens is 316 g/mol. The highest BCUT2D eigenvalue weighted by Crippen LogP contribution is 2.44. The zero-order valence-electron chi connectivity index (χ0n) is 15.2. The minimum atomic E-state index is -0.122. The Labute approximate surface area is 149 Å². The van der Waals surface area contributed by atoms with E-state index in [9.17, 15) is 4.79 Å². The number of aryl methyl sites for hydroxylation is 1. The molecule has 1 aromatic rings. The Hall–Kier alpha value is -1.56. The smallest absolute Gasteiger partial charge is 0.319 e. The van der Waals surface area contributed by atoms with E-state index < -0.39 is 0 Å². The maximum atomic E-state index is 12.5. The summed E-state index contributed by atoms with van der Waals surface area (Å²) in [6, 6.07) is 0.840. The first-order valence-electron chi connectivity index (χ1n) is 9.98. The highest BCUT2D eigenvalue weighted by atomic mass is 16.5. The molecule has 1 saturated heterocycles. The fraction of sp³-hybridized carbons (Fsp3) is 0.789. The number of nitrogens with one attached hydrogen (secondary N) is 2. The van der Waals surface area contributed by atoms with Gasteiger partial charge in [0.2, 0.25) is 0 Å². The van der Waals surface area contributed by atoms with E-state index in [4.69, 9.17) is 4.52 Å². The number of carbonyl (C=O) groups is 1. The number of amides is 2. The summed E-state index contributed by atoms with van der Waals surface area (Å²) in [5, 5.41) is 10.2. The molecule has 1 aliphatic heterocycles. The van der Waals surface area contributed by atoms with E-state index in [1.54, 1.807) is 0 Å². The van der Waals surface area contributed by atoms with Crippen LogP contribution in [0, 0.1) is 6.92 Å². The van der Waals surface area contributed by atoms with Crippen molar-refractivity contribution in [3.8, 4) is 0 Å². The molecule has 0 radical (unpaired) electrons. The number of anilines is 1. The number of carbonyl (C=O) groups excluding carboxylic acids is 1. The molecule has 0 spiro atoms. The molecule has 2 amide bonds. The Balaban J connectivity index is 1.32. The summed E-state index contributed by atoms with van der Waals surface area (Å²) >= 11 is 0. The zero-order chi connectivity index (χ0) is 17.2. The van der Waals surface area contributed by atoms with Gasteiger partial charge in [0.1, 0.15) is 11.4 Å². The minimum Gasteiger partial charge on any atom is -0.359 e. The highest BCUT2D eigenvalue weighted by molar-refractivity contribution is 5.90. The third kappa shape index (κ3) is 4.00.